The molecule has 1 amide bonds. The van der Waals surface area contributed by atoms with Crippen molar-refractivity contribution in [1.82, 2.24) is 19.2 Å². The SMILES string of the molecule is CN1CCCN(C(=O)c2ccc3nc(-c4ccc(F)cc4)cn3c2)CC1. The molecule has 134 valence electrons. The molecule has 6 heteroatoms. The summed E-state index contributed by atoms with van der Waals surface area (Å²) in [4.78, 5) is 21.6. The predicted molar refractivity (Wildman–Crippen MR) is 98.6 cm³/mol. The smallest absolute Gasteiger partial charge is 0.255 e. The molecule has 26 heavy (non-hydrogen) atoms. The topological polar surface area (TPSA) is 40.8 Å². The molecule has 1 aliphatic rings. The number of hydrogen-bond donors (Lipinski definition) is 0. The van der Waals surface area contributed by atoms with Crippen molar-refractivity contribution in [3.63, 3.8) is 0 Å². The fourth-order valence-electron chi connectivity index (χ4n) is 3.31. The number of nitrogens with zero attached hydrogens (tertiary/aromatic N) is 4. The summed E-state index contributed by atoms with van der Waals surface area (Å²) in [6.45, 7) is 3.45. The molecular formula is C20H21FN4O. The van der Waals surface area contributed by atoms with Crippen molar-refractivity contribution in [3.8, 4) is 11.3 Å². The van der Waals surface area contributed by atoms with E-state index in [1.165, 1.54) is 12.1 Å². The molecule has 0 saturated carbocycles. The molecular weight excluding hydrogens is 331 g/mol. The highest BCUT2D eigenvalue weighted by atomic mass is 19.1. The number of carbonyl (C=O) groups excluding carboxylic acids is 1. The van der Waals surface area contributed by atoms with Gasteiger partial charge in [0.15, 0.2) is 0 Å². The van der Waals surface area contributed by atoms with Gasteiger partial charge < -0.3 is 14.2 Å². The lowest BCUT2D eigenvalue weighted by atomic mass is 10.2. The maximum Gasteiger partial charge on any atom is 0.255 e. The minimum absolute atomic E-state index is 0.0548. The first-order chi connectivity index (χ1) is 12.6. The Morgan fingerprint density at radius 2 is 1.81 bits per heavy atom. The fraction of sp³-hybridized carbons (Fsp3) is 0.300. The highest BCUT2D eigenvalue weighted by Crippen LogP contribution is 2.20. The van der Waals surface area contributed by atoms with Crippen LogP contribution in [0.15, 0.2) is 48.8 Å². The van der Waals surface area contributed by atoms with E-state index in [4.69, 9.17) is 0 Å². The molecule has 2 aromatic heterocycles. The molecule has 1 aromatic carbocycles. The summed E-state index contributed by atoms with van der Waals surface area (Å²) in [6.07, 6.45) is 4.69. The van der Waals surface area contributed by atoms with Gasteiger partial charge in [0.05, 0.1) is 11.3 Å². The second-order valence-corrected chi connectivity index (χ2v) is 6.77. The van der Waals surface area contributed by atoms with Crippen LogP contribution in [0.1, 0.15) is 16.8 Å². The van der Waals surface area contributed by atoms with Gasteiger partial charge in [0.25, 0.3) is 5.91 Å². The van der Waals surface area contributed by atoms with Crippen molar-refractivity contribution in [2.75, 3.05) is 33.2 Å². The van der Waals surface area contributed by atoms with Gasteiger partial charge in [-0.05, 0) is 56.4 Å². The van der Waals surface area contributed by atoms with Gasteiger partial charge in [-0.1, -0.05) is 0 Å². The Kier molecular flexibility index (Phi) is 4.42. The molecule has 1 fully saturated rings. The normalized spacial score (nSPS) is 16.0. The monoisotopic (exact) mass is 352 g/mol. The van der Waals surface area contributed by atoms with Crippen LogP contribution < -0.4 is 0 Å². The molecule has 0 spiro atoms. The standard InChI is InChI=1S/C20H21FN4O/c1-23-9-2-10-24(12-11-23)20(26)16-5-8-19-22-18(14-25(19)13-16)15-3-6-17(21)7-4-15/h3-8,13-14H,2,9-12H2,1H3. The Bertz CT molecular complexity index is 935. The lowest BCUT2D eigenvalue weighted by Crippen LogP contribution is -2.34. The average molecular weight is 352 g/mol. The Morgan fingerprint density at radius 1 is 1.00 bits per heavy atom. The minimum atomic E-state index is -0.270. The van der Waals surface area contributed by atoms with Crippen molar-refractivity contribution < 1.29 is 9.18 Å². The van der Waals surface area contributed by atoms with Crippen LogP contribution in [0.3, 0.4) is 0 Å². The fourth-order valence-corrected chi connectivity index (χ4v) is 3.31. The zero-order valence-corrected chi connectivity index (χ0v) is 14.7. The summed E-state index contributed by atoms with van der Waals surface area (Å²) in [5, 5.41) is 0. The van der Waals surface area contributed by atoms with Crippen molar-refractivity contribution in [1.29, 1.82) is 0 Å². The van der Waals surface area contributed by atoms with Crippen molar-refractivity contribution in [2.45, 2.75) is 6.42 Å². The summed E-state index contributed by atoms with van der Waals surface area (Å²) in [5.74, 6) is -0.215. The number of likely N-dealkylation sites (N-methyl/N-ethyl adjacent to an activating group) is 1. The van der Waals surface area contributed by atoms with Crippen LogP contribution in [0.25, 0.3) is 16.9 Å². The number of amides is 1. The summed E-state index contributed by atoms with van der Waals surface area (Å²) in [5.41, 5.74) is 3.02. The first-order valence-electron chi connectivity index (χ1n) is 8.83. The van der Waals surface area contributed by atoms with E-state index in [-0.39, 0.29) is 11.7 Å². The molecule has 3 aromatic rings. The Morgan fingerprint density at radius 3 is 2.62 bits per heavy atom. The van der Waals surface area contributed by atoms with Gasteiger partial charge in [0, 0.05) is 37.6 Å². The predicted octanol–water partition coefficient (Wildman–Crippen LogP) is 2.92. The third-order valence-corrected chi connectivity index (χ3v) is 4.84. The summed E-state index contributed by atoms with van der Waals surface area (Å²) in [6, 6.07) is 9.93. The van der Waals surface area contributed by atoms with Gasteiger partial charge in [0.1, 0.15) is 11.5 Å². The number of pyridine rings is 1. The van der Waals surface area contributed by atoms with Gasteiger partial charge in [0.2, 0.25) is 0 Å². The average Bonchev–Trinajstić information content (AvgIpc) is 2.95. The summed E-state index contributed by atoms with van der Waals surface area (Å²) in [7, 11) is 2.09. The largest absolute Gasteiger partial charge is 0.337 e. The third-order valence-electron chi connectivity index (χ3n) is 4.84. The molecule has 0 atom stereocenters. The van der Waals surface area contributed by atoms with Gasteiger partial charge in [-0.15, -0.1) is 0 Å². The maximum absolute atomic E-state index is 13.1. The van der Waals surface area contributed by atoms with E-state index in [2.05, 4.69) is 16.9 Å². The number of aromatic nitrogens is 2. The molecule has 0 radical (unpaired) electrons. The summed E-state index contributed by atoms with van der Waals surface area (Å²) >= 11 is 0. The van der Waals surface area contributed by atoms with Crippen LogP contribution in [0, 0.1) is 5.82 Å². The molecule has 1 saturated heterocycles. The highest BCUT2D eigenvalue weighted by molar-refractivity contribution is 5.94. The minimum Gasteiger partial charge on any atom is -0.337 e. The maximum atomic E-state index is 13.1. The molecule has 0 unspecified atom stereocenters. The van der Waals surface area contributed by atoms with Crippen molar-refractivity contribution in [2.24, 2.45) is 0 Å². The number of rotatable bonds is 2. The number of halogens is 1. The van der Waals surface area contributed by atoms with Gasteiger partial charge in [-0.2, -0.15) is 0 Å². The van der Waals surface area contributed by atoms with Crippen LogP contribution >= 0.6 is 0 Å². The van der Waals surface area contributed by atoms with Crippen molar-refractivity contribution in [3.05, 3.63) is 60.2 Å². The number of carbonyl (C=O) groups is 1. The third kappa shape index (κ3) is 3.32. The molecule has 0 aliphatic carbocycles. The highest BCUT2D eigenvalue weighted by Gasteiger charge is 2.19. The molecule has 0 N–H and O–H groups in total. The van der Waals surface area contributed by atoms with E-state index in [1.807, 2.05) is 33.8 Å². The number of imidazole rings is 1. The van der Waals surface area contributed by atoms with Crippen LogP contribution in [0.5, 0.6) is 0 Å². The van der Waals surface area contributed by atoms with Gasteiger partial charge >= 0.3 is 0 Å². The van der Waals surface area contributed by atoms with Gasteiger partial charge in [-0.25, -0.2) is 9.37 Å². The van der Waals surface area contributed by atoms with E-state index in [0.717, 1.165) is 49.5 Å². The van der Waals surface area contributed by atoms with E-state index >= 15 is 0 Å². The Labute approximate surface area is 151 Å². The molecule has 4 rings (SSSR count). The second-order valence-electron chi connectivity index (χ2n) is 6.77. The van der Waals surface area contributed by atoms with E-state index in [0.29, 0.717) is 5.56 Å². The van der Waals surface area contributed by atoms with Crippen LogP contribution in [-0.4, -0.2) is 58.3 Å². The van der Waals surface area contributed by atoms with E-state index in [9.17, 15) is 9.18 Å². The molecule has 1 aliphatic heterocycles. The zero-order valence-electron chi connectivity index (χ0n) is 14.7. The van der Waals surface area contributed by atoms with E-state index in [1.54, 1.807) is 12.1 Å². The number of hydrogen-bond acceptors (Lipinski definition) is 3. The summed E-state index contributed by atoms with van der Waals surface area (Å²) < 4.78 is 15.0. The first kappa shape index (κ1) is 16.7. The van der Waals surface area contributed by atoms with E-state index < -0.39 is 0 Å². The molecule has 0 bridgehead atoms. The number of fused-ring (bicyclic) bond motifs is 1. The lowest BCUT2D eigenvalue weighted by molar-refractivity contribution is 0.0762. The van der Waals surface area contributed by atoms with Gasteiger partial charge in [-0.3, -0.25) is 4.79 Å². The molecule has 5 nitrogen and oxygen atoms in total. The Balaban J connectivity index is 1.61. The Hall–Kier alpha value is -2.73. The van der Waals surface area contributed by atoms with Crippen molar-refractivity contribution >= 4 is 11.6 Å². The van der Waals surface area contributed by atoms with Crippen LogP contribution in [0.4, 0.5) is 4.39 Å². The van der Waals surface area contributed by atoms with Crippen LogP contribution in [0.2, 0.25) is 0 Å². The second kappa shape index (κ2) is 6.88. The zero-order chi connectivity index (χ0) is 18.1. The quantitative estimate of drug-likeness (QED) is 0.712. The first-order valence-corrected chi connectivity index (χ1v) is 8.83. The van der Waals surface area contributed by atoms with Crippen LogP contribution in [-0.2, 0) is 0 Å². The molecule has 3 heterocycles. The number of benzene rings is 1. The lowest BCUT2D eigenvalue weighted by Gasteiger charge is -2.20.